The topological polar surface area (TPSA) is 125 Å². The predicted molar refractivity (Wildman–Crippen MR) is 106 cm³/mol. The molecular weight excluding hydrogens is 388 g/mol. The van der Waals surface area contributed by atoms with Crippen LogP contribution in [0.2, 0.25) is 0 Å². The Hall–Kier alpha value is -3.79. The van der Waals surface area contributed by atoms with Gasteiger partial charge in [-0.25, -0.2) is 9.67 Å². The van der Waals surface area contributed by atoms with Crippen LogP contribution >= 0.6 is 0 Å². The van der Waals surface area contributed by atoms with Crippen LogP contribution in [0.15, 0.2) is 48.8 Å². The van der Waals surface area contributed by atoms with Gasteiger partial charge >= 0.3 is 0 Å². The summed E-state index contributed by atoms with van der Waals surface area (Å²) < 4.78 is 12.0. The van der Waals surface area contributed by atoms with E-state index in [1.54, 1.807) is 41.3 Å². The molecular formula is C20H20N6O4. The van der Waals surface area contributed by atoms with Crippen molar-refractivity contribution in [2.75, 3.05) is 26.9 Å². The van der Waals surface area contributed by atoms with Crippen LogP contribution in [0.3, 0.4) is 0 Å². The lowest BCUT2D eigenvalue weighted by Gasteiger charge is -2.32. The van der Waals surface area contributed by atoms with Crippen molar-refractivity contribution >= 4 is 11.8 Å². The van der Waals surface area contributed by atoms with Gasteiger partial charge in [0.1, 0.15) is 6.04 Å². The molecule has 1 saturated heterocycles. The molecule has 0 saturated carbocycles. The number of ether oxygens (including phenoxy) is 2. The van der Waals surface area contributed by atoms with Crippen molar-refractivity contribution in [1.82, 2.24) is 24.6 Å². The summed E-state index contributed by atoms with van der Waals surface area (Å²) >= 11 is 0. The quantitative estimate of drug-likeness (QED) is 0.657. The highest BCUT2D eigenvalue weighted by atomic mass is 16.5. The van der Waals surface area contributed by atoms with Crippen molar-refractivity contribution < 1.29 is 19.1 Å². The number of pyridine rings is 2. The van der Waals surface area contributed by atoms with E-state index in [0.717, 1.165) is 0 Å². The van der Waals surface area contributed by atoms with E-state index in [-0.39, 0.29) is 18.8 Å². The number of rotatable bonds is 5. The lowest BCUT2D eigenvalue weighted by atomic mass is 10.2. The normalized spacial score (nSPS) is 16.3. The van der Waals surface area contributed by atoms with Crippen LogP contribution in [0.1, 0.15) is 10.5 Å². The van der Waals surface area contributed by atoms with Crippen molar-refractivity contribution in [3.8, 4) is 23.0 Å². The molecule has 3 aromatic heterocycles. The number of carbonyl (C=O) groups excluding carboxylic acids is 2. The van der Waals surface area contributed by atoms with Gasteiger partial charge in [0.05, 0.1) is 43.6 Å². The molecule has 0 aliphatic carbocycles. The fraction of sp³-hybridized carbons (Fsp3) is 0.250. The average Bonchev–Trinajstić information content (AvgIpc) is 3.24. The number of methoxy groups -OCH3 is 1. The molecule has 0 radical (unpaired) electrons. The van der Waals surface area contributed by atoms with Gasteiger partial charge < -0.3 is 20.1 Å². The van der Waals surface area contributed by atoms with Gasteiger partial charge in [0.25, 0.3) is 5.91 Å². The summed E-state index contributed by atoms with van der Waals surface area (Å²) in [5.41, 5.74) is 7.48. The summed E-state index contributed by atoms with van der Waals surface area (Å²) in [6, 6.07) is 9.75. The summed E-state index contributed by atoms with van der Waals surface area (Å²) in [7, 11) is 1.53. The second kappa shape index (κ2) is 8.29. The standard InChI is InChI=1S/C20H20N6O4/c1-29-18-6-5-13(11-23-18)26-16(14-4-2-3-7-22-14)10-15(24-26)20(28)25-8-9-30-12-17(25)19(21)27/h2-7,10-11,17H,8-9,12H2,1H3,(H2,21,27)/t17-/m0/s1. The van der Waals surface area contributed by atoms with Crippen molar-refractivity contribution in [3.05, 3.63) is 54.5 Å². The van der Waals surface area contributed by atoms with Crippen molar-refractivity contribution in [2.24, 2.45) is 5.73 Å². The van der Waals surface area contributed by atoms with Crippen molar-refractivity contribution in [3.63, 3.8) is 0 Å². The molecule has 4 rings (SSSR count). The van der Waals surface area contributed by atoms with E-state index in [2.05, 4.69) is 15.1 Å². The Balaban J connectivity index is 1.76. The number of primary amides is 1. The number of hydrogen-bond donors (Lipinski definition) is 1. The molecule has 0 spiro atoms. The van der Waals surface area contributed by atoms with Crippen LogP contribution in [0.4, 0.5) is 0 Å². The van der Waals surface area contributed by atoms with Crippen LogP contribution < -0.4 is 10.5 Å². The Labute approximate surface area is 172 Å². The van der Waals surface area contributed by atoms with Crippen LogP contribution in [0.5, 0.6) is 5.88 Å². The minimum absolute atomic E-state index is 0.0667. The Bertz CT molecular complexity index is 1050. The molecule has 2 N–H and O–H groups in total. The molecule has 1 fully saturated rings. The average molecular weight is 408 g/mol. The van der Waals surface area contributed by atoms with Gasteiger partial charge in [-0.2, -0.15) is 5.10 Å². The third-order valence-corrected chi connectivity index (χ3v) is 4.75. The summed E-state index contributed by atoms with van der Waals surface area (Å²) in [6.07, 6.45) is 3.25. The zero-order chi connectivity index (χ0) is 21.1. The molecule has 10 nitrogen and oxygen atoms in total. The van der Waals surface area contributed by atoms with E-state index in [0.29, 0.717) is 29.6 Å². The zero-order valence-corrected chi connectivity index (χ0v) is 16.3. The smallest absolute Gasteiger partial charge is 0.275 e. The first-order chi connectivity index (χ1) is 14.6. The Morgan fingerprint density at radius 1 is 1.23 bits per heavy atom. The molecule has 4 heterocycles. The monoisotopic (exact) mass is 408 g/mol. The van der Waals surface area contributed by atoms with E-state index in [1.807, 2.05) is 12.1 Å². The maximum absolute atomic E-state index is 13.2. The zero-order valence-electron chi connectivity index (χ0n) is 16.3. The van der Waals surface area contributed by atoms with E-state index < -0.39 is 17.9 Å². The molecule has 1 aliphatic rings. The number of aromatic nitrogens is 4. The molecule has 3 aromatic rings. The molecule has 30 heavy (non-hydrogen) atoms. The minimum atomic E-state index is -0.836. The number of nitrogens with two attached hydrogens (primary N) is 1. The van der Waals surface area contributed by atoms with E-state index in [4.69, 9.17) is 15.2 Å². The molecule has 0 aromatic carbocycles. The third-order valence-electron chi connectivity index (χ3n) is 4.75. The molecule has 1 aliphatic heterocycles. The fourth-order valence-corrected chi connectivity index (χ4v) is 3.23. The van der Waals surface area contributed by atoms with E-state index in [1.165, 1.54) is 12.0 Å². The Morgan fingerprint density at radius 3 is 2.77 bits per heavy atom. The SMILES string of the molecule is COc1ccc(-n2nc(C(=O)N3CCOC[C@H]3C(N)=O)cc2-c2ccccn2)cn1. The number of carbonyl (C=O) groups is 2. The number of hydrogen-bond acceptors (Lipinski definition) is 7. The summed E-state index contributed by atoms with van der Waals surface area (Å²) in [4.78, 5) is 34.9. The van der Waals surface area contributed by atoms with Crippen LogP contribution in [0.25, 0.3) is 17.1 Å². The van der Waals surface area contributed by atoms with Gasteiger partial charge in [0, 0.05) is 18.8 Å². The third kappa shape index (κ3) is 3.72. The fourth-order valence-electron chi connectivity index (χ4n) is 3.23. The largest absolute Gasteiger partial charge is 0.481 e. The summed E-state index contributed by atoms with van der Waals surface area (Å²) in [5, 5.41) is 4.49. The van der Waals surface area contributed by atoms with Crippen molar-refractivity contribution in [1.29, 1.82) is 0 Å². The second-order valence-corrected chi connectivity index (χ2v) is 6.59. The summed E-state index contributed by atoms with van der Waals surface area (Å²) in [6.45, 7) is 0.644. The molecule has 10 heteroatoms. The van der Waals surface area contributed by atoms with E-state index >= 15 is 0 Å². The second-order valence-electron chi connectivity index (χ2n) is 6.59. The molecule has 1 atom stereocenters. The summed E-state index contributed by atoms with van der Waals surface area (Å²) in [5.74, 6) is -0.564. The molecule has 2 amide bonds. The minimum Gasteiger partial charge on any atom is -0.481 e. The van der Waals surface area contributed by atoms with Gasteiger partial charge in [0.2, 0.25) is 11.8 Å². The first kappa shape index (κ1) is 19.5. The van der Waals surface area contributed by atoms with Gasteiger partial charge in [-0.3, -0.25) is 14.6 Å². The van der Waals surface area contributed by atoms with Crippen LogP contribution in [-0.4, -0.2) is 69.4 Å². The Morgan fingerprint density at radius 2 is 2.10 bits per heavy atom. The number of morpholine rings is 1. The molecule has 154 valence electrons. The van der Waals surface area contributed by atoms with Crippen LogP contribution in [0, 0.1) is 0 Å². The first-order valence-electron chi connectivity index (χ1n) is 9.28. The molecule has 0 bridgehead atoms. The maximum atomic E-state index is 13.2. The van der Waals surface area contributed by atoms with Gasteiger partial charge in [-0.05, 0) is 24.3 Å². The predicted octanol–water partition coefficient (Wildman–Crippen LogP) is 0.664. The lowest BCUT2D eigenvalue weighted by Crippen LogP contribution is -2.54. The van der Waals surface area contributed by atoms with Gasteiger partial charge in [-0.1, -0.05) is 6.07 Å². The first-order valence-corrected chi connectivity index (χ1v) is 9.28. The highest BCUT2D eigenvalue weighted by molar-refractivity contribution is 5.97. The van der Waals surface area contributed by atoms with E-state index in [9.17, 15) is 9.59 Å². The molecule has 0 unspecified atom stereocenters. The van der Waals surface area contributed by atoms with Gasteiger partial charge in [-0.15, -0.1) is 0 Å². The lowest BCUT2D eigenvalue weighted by molar-refractivity contribution is -0.127. The number of amides is 2. The van der Waals surface area contributed by atoms with Crippen molar-refractivity contribution in [2.45, 2.75) is 6.04 Å². The van der Waals surface area contributed by atoms with Crippen LogP contribution in [-0.2, 0) is 9.53 Å². The van der Waals surface area contributed by atoms with Gasteiger partial charge in [0.15, 0.2) is 5.69 Å². The number of nitrogens with zero attached hydrogens (tertiary/aromatic N) is 5. The maximum Gasteiger partial charge on any atom is 0.275 e. The Kier molecular flexibility index (Phi) is 5.40. The highest BCUT2D eigenvalue weighted by Crippen LogP contribution is 2.24. The highest BCUT2D eigenvalue weighted by Gasteiger charge is 2.33.